The number of para-hydroxylation sites is 1. The SMILES string of the molecule is COc1ccccc1-c1ccc(C(=O)Nc2nc(C(F)(F)F)cs2)cc1. The van der Waals surface area contributed by atoms with Gasteiger partial charge in [0.1, 0.15) is 5.75 Å². The first-order valence-electron chi connectivity index (χ1n) is 7.46. The van der Waals surface area contributed by atoms with Gasteiger partial charge in [-0.25, -0.2) is 4.98 Å². The highest BCUT2D eigenvalue weighted by atomic mass is 32.1. The minimum atomic E-state index is -4.53. The molecule has 1 heterocycles. The molecule has 2 aromatic carbocycles. The molecule has 0 fully saturated rings. The summed E-state index contributed by atoms with van der Waals surface area (Å²) in [7, 11) is 1.57. The maximum absolute atomic E-state index is 12.6. The maximum Gasteiger partial charge on any atom is 0.434 e. The highest BCUT2D eigenvalue weighted by Crippen LogP contribution is 2.32. The van der Waals surface area contributed by atoms with Crippen molar-refractivity contribution in [3.05, 3.63) is 65.2 Å². The molecule has 0 aliphatic heterocycles. The lowest BCUT2D eigenvalue weighted by Gasteiger charge is -2.09. The summed E-state index contributed by atoms with van der Waals surface area (Å²) in [6.45, 7) is 0. The summed E-state index contributed by atoms with van der Waals surface area (Å²) < 4.78 is 43.0. The Bertz CT molecular complexity index is 921. The Morgan fingerprint density at radius 3 is 2.42 bits per heavy atom. The average molecular weight is 378 g/mol. The molecule has 1 amide bonds. The number of aromatic nitrogens is 1. The predicted octanol–water partition coefficient (Wildman–Crippen LogP) is 5.09. The molecule has 134 valence electrons. The first kappa shape index (κ1) is 17.9. The van der Waals surface area contributed by atoms with Crippen molar-refractivity contribution in [2.45, 2.75) is 6.18 Å². The van der Waals surface area contributed by atoms with Crippen LogP contribution in [0.5, 0.6) is 5.75 Å². The van der Waals surface area contributed by atoms with Gasteiger partial charge in [-0.3, -0.25) is 10.1 Å². The minimum Gasteiger partial charge on any atom is -0.496 e. The quantitative estimate of drug-likeness (QED) is 0.688. The number of anilines is 1. The molecule has 0 spiro atoms. The van der Waals surface area contributed by atoms with E-state index in [0.29, 0.717) is 11.3 Å². The van der Waals surface area contributed by atoms with Crippen molar-refractivity contribution in [1.29, 1.82) is 0 Å². The van der Waals surface area contributed by atoms with Crippen LogP contribution in [0.1, 0.15) is 16.1 Å². The minimum absolute atomic E-state index is 0.101. The fraction of sp³-hybridized carbons (Fsp3) is 0.111. The Labute approximate surface area is 151 Å². The first-order chi connectivity index (χ1) is 12.4. The van der Waals surface area contributed by atoms with Gasteiger partial charge in [-0.05, 0) is 23.8 Å². The number of alkyl halides is 3. The van der Waals surface area contributed by atoms with E-state index in [0.717, 1.165) is 27.8 Å². The van der Waals surface area contributed by atoms with Crippen molar-refractivity contribution in [3.63, 3.8) is 0 Å². The van der Waals surface area contributed by atoms with E-state index in [9.17, 15) is 18.0 Å². The number of rotatable bonds is 4. The molecular weight excluding hydrogens is 365 g/mol. The number of nitrogens with zero attached hydrogens (tertiary/aromatic N) is 1. The van der Waals surface area contributed by atoms with Crippen LogP contribution >= 0.6 is 11.3 Å². The van der Waals surface area contributed by atoms with Gasteiger partial charge in [0.2, 0.25) is 0 Å². The topological polar surface area (TPSA) is 51.2 Å². The zero-order chi connectivity index (χ0) is 18.7. The van der Waals surface area contributed by atoms with Crippen molar-refractivity contribution in [3.8, 4) is 16.9 Å². The summed E-state index contributed by atoms with van der Waals surface area (Å²) >= 11 is 0.725. The molecule has 0 atom stereocenters. The predicted molar refractivity (Wildman–Crippen MR) is 93.5 cm³/mol. The Morgan fingerprint density at radius 1 is 1.12 bits per heavy atom. The van der Waals surface area contributed by atoms with E-state index >= 15 is 0 Å². The van der Waals surface area contributed by atoms with Gasteiger partial charge >= 0.3 is 6.18 Å². The zero-order valence-electron chi connectivity index (χ0n) is 13.5. The Morgan fingerprint density at radius 2 is 1.81 bits per heavy atom. The maximum atomic E-state index is 12.6. The third-order valence-electron chi connectivity index (χ3n) is 3.58. The molecule has 0 bridgehead atoms. The second kappa shape index (κ2) is 7.17. The normalized spacial score (nSPS) is 11.2. The van der Waals surface area contributed by atoms with Crippen molar-refractivity contribution in [2.24, 2.45) is 0 Å². The summed E-state index contributed by atoms with van der Waals surface area (Å²) in [5.74, 6) is 0.173. The molecule has 0 aliphatic rings. The van der Waals surface area contributed by atoms with Crippen LogP contribution in [-0.4, -0.2) is 18.0 Å². The lowest BCUT2D eigenvalue weighted by molar-refractivity contribution is -0.140. The molecule has 1 aromatic heterocycles. The van der Waals surface area contributed by atoms with E-state index in [1.54, 1.807) is 31.4 Å². The number of ether oxygens (including phenoxy) is 1. The third kappa shape index (κ3) is 3.85. The molecular formula is C18H13F3N2O2S. The van der Waals surface area contributed by atoms with Gasteiger partial charge in [0.25, 0.3) is 5.91 Å². The molecule has 0 saturated heterocycles. The van der Waals surface area contributed by atoms with Crippen LogP contribution in [0.3, 0.4) is 0 Å². The number of hydrogen-bond acceptors (Lipinski definition) is 4. The second-order valence-electron chi connectivity index (χ2n) is 5.27. The Kier molecular flexibility index (Phi) is 4.94. The van der Waals surface area contributed by atoms with Gasteiger partial charge < -0.3 is 4.74 Å². The van der Waals surface area contributed by atoms with E-state index in [2.05, 4.69) is 10.3 Å². The number of benzene rings is 2. The van der Waals surface area contributed by atoms with Crippen molar-refractivity contribution < 1.29 is 22.7 Å². The third-order valence-corrected chi connectivity index (χ3v) is 4.34. The number of carbonyl (C=O) groups is 1. The molecule has 1 N–H and O–H groups in total. The molecule has 8 heteroatoms. The number of hydrogen-bond donors (Lipinski definition) is 1. The van der Waals surface area contributed by atoms with Crippen LogP contribution in [0.2, 0.25) is 0 Å². The monoisotopic (exact) mass is 378 g/mol. The highest BCUT2D eigenvalue weighted by molar-refractivity contribution is 7.14. The first-order valence-corrected chi connectivity index (χ1v) is 8.34. The second-order valence-corrected chi connectivity index (χ2v) is 6.13. The molecule has 0 aliphatic carbocycles. The number of methoxy groups -OCH3 is 1. The molecule has 3 aromatic rings. The van der Waals surface area contributed by atoms with Crippen LogP contribution in [0.25, 0.3) is 11.1 Å². The molecule has 4 nitrogen and oxygen atoms in total. The van der Waals surface area contributed by atoms with E-state index in [1.807, 2.05) is 24.3 Å². The van der Waals surface area contributed by atoms with Crippen molar-refractivity contribution in [1.82, 2.24) is 4.98 Å². The number of halogens is 3. The largest absolute Gasteiger partial charge is 0.496 e. The summed E-state index contributed by atoms with van der Waals surface area (Å²) in [5, 5.41) is 3.14. The molecule has 0 unspecified atom stereocenters. The van der Waals surface area contributed by atoms with Crippen LogP contribution in [-0.2, 0) is 6.18 Å². The van der Waals surface area contributed by atoms with Gasteiger partial charge in [0, 0.05) is 16.5 Å². The fourth-order valence-corrected chi connectivity index (χ4v) is 3.03. The number of thiazole rings is 1. The van der Waals surface area contributed by atoms with Crippen molar-refractivity contribution in [2.75, 3.05) is 12.4 Å². The summed E-state index contributed by atoms with van der Waals surface area (Å²) in [4.78, 5) is 15.6. The van der Waals surface area contributed by atoms with E-state index in [-0.39, 0.29) is 5.13 Å². The Hall–Kier alpha value is -2.87. The van der Waals surface area contributed by atoms with Crippen LogP contribution in [0.15, 0.2) is 53.9 Å². The lowest BCUT2D eigenvalue weighted by Crippen LogP contribution is -2.12. The molecule has 26 heavy (non-hydrogen) atoms. The van der Waals surface area contributed by atoms with Gasteiger partial charge in [0.15, 0.2) is 10.8 Å². The van der Waals surface area contributed by atoms with Gasteiger partial charge in [0.05, 0.1) is 7.11 Å². The van der Waals surface area contributed by atoms with Crippen LogP contribution in [0, 0.1) is 0 Å². The smallest absolute Gasteiger partial charge is 0.434 e. The van der Waals surface area contributed by atoms with E-state index < -0.39 is 17.8 Å². The molecule has 0 radical (unpaired) electrons. The van der Waals surface area contributed by atoms with Gasteiger partial charge in [-0.2, -0.15) is 13.2 Å². The number of carbonyl (C=O) groups excluding carboxylic acids is 1. The van der Waals surface area contributed by atoms with Crippen LogP contribution in [0.4, 0.5) is 18.3 Å². The lowest BCUT2D eigenvalue weighted by atomic mass is 10.0. The summed E-state index contributed by atoms with van der Waals surface area (Å²) in [5.41, 5.74) is 1.01. The number of amides is 1. The molecule has 3 rings (SSSR count). The number of nitrogens with one attached hydrogen (secondary N) is 1. The zero-order valence-corrected chi connectivity index (χ0v) is 14.3. The summed E-state index contributed by atoms with van der Waals surface area (Å²) in [6.07, 6.45) is -4.53. The van der Waals surface area contributed by atoms with Gasteiger partial charge in [-0.1, -0.05) is 30.3 Å². The fourth-order valence-electron chi connectivity index (χ4n) is 2.31. The summed E-state index contributed by atoms with van der Waals surface area (Å²) in [6, 6.07) is 14.1. The van der Waals surface area contributed by atoms with E-state index in [4.69, 9.17) is 4.74 Å². The van der Waals surface area contributed by atoms with Crippen molar-refractivity contribution >= 4 is 22.4 Å². The standard InChI is InChI=1S/C18H13F3N2O2S/c1-25-14-5-3-2-4-13(14)11-6-8-12(9-7-11)16(24)23-17-22-15(10-26-17)18(19,20)21/h2-10H,1H3,(H,22,23,24). The Balaban J connectivity index is 1.76. The molecule has 0 saturated carbocycles. The van der Waals surface area contributed by atoms with E-state index in [1.165, 1.54) is 0 Å². The van der Waals surface area contributed by atoms with Gasteiger partial charge in [-0.15, -0.1) is 11.3 Å². The van der Waals surface area contributed by atoms with Crippen LogP contribution < -0.4 is 10.1 Å². The highest BCUT2D eigenvalue weighted by Gasteiger charge is 2.33. The average Bonchev–Trinajstić information content (AvgIpc) is 3.10.